The Morgan fingerprint density at radius 3 is 2.07 bits per heavy atom. The van der Waals surface area contributed by atoms with E-state index in [1.807, 2.05) is 80.8 Å². The van der Waals surface area contributed by atoms with Crippen molar-refractivity contribution >= 4 is 29.9 Å². The third kappa shape index (κ3) is 6.60. The van der Waals surface area contributed by atoms with Gasteiger partial charge in [-0.3, -0.25) is 4.79 Å². The highest BCUT2D eigenvalue weighted by Gasteiger charge is 2.16. The van der Waals surface area contributed by atoms with Gasteiger partial charge in [0.15, 0.2) is 0 Å². The maximum Gasteiger partial charge on any atom is 0.251 e. The second-order valence-corrected chi connectivity index (χ2v) is 7.55. The molecule has 0 unspecified atom stereocenters. The minimum absolute atomic E-state index is 0. The van der Waals surface area contributed by atoms with E-state index in [4.69, 9.17) is 11.6 Å². The van der Waals surface area contributed by atoms with Gasteiger partial charge in [-0.05, 0) is 68.0 Å². The lowest BCUT2D eigenvalue weighted by Crippen LogP contribution is -2.31. The van der Waals surface area contributed by atoms with Gasteiger partial charge in [0.05, 0.1) is 6.04 Å². The number of hydrogen-bond acceptors (Lipinski definition) is 2. The van der Waals surface area contributed by atoms with Gasteiger partial charge in [0.25, 0.3) is 5.91 Å². The highest BCUT2D eigenvalue weighted by atomic mass is 35.5. The number of benzene rings is 3. The number of nitrogens with one attached hydrogen (secondary N) is 1. The predicted octanol–water partition coefficient (Wildman–Crippen LogP) is 5.85. The Bertz CT molecular complexity index is 894. The Morgan fingerprint density at radius 1 is 0.897 bits per heavy atom. The van der Waals surface area contributed by atoms with Crippen molar-refractivity contribution in [2.75, 3.05) is 20.6 Å². The van der Waals surface area contributed by atoms with Crippen molar-refractivity contribution in [3.8, 4) is 11.1 Å². The Balaban J connectivity index is 0.00000300. The van der Waals surface area contributed by atoms with E-state index in [1.165, 1.54) is 0 Å². The molecule has 0 fully saturated rings. The molecule has 1 N–H and O–H groups in total. The van der Waals surface area contributed by atoms with Crippen LogP contribution in [0.5, 0.6) is 0 Å². The molecule has 152 valence electrons. The Hall–Kier alpha value is -2.33. The van der Waals surface area contributed by atoms with Gasteiger partial charge in [-0.25, -0.2) is 0 Å². The SMILES string of the molecule is CN(C)CC[C@H](NC(=O)c1ccc(-c2ccccc2)cc1)c1ccc(Cl)cc1.Cl. The van der Waals surface area contributed by atoms with Gasteiger partial charge in [0.2, 0.25) is 0 Å². The molecule has 1 atom stereocenters. The highest BCUT2D eigenvalue weighted by molar-refractivity contribution is 6.30. The van der Waals surface area contributed by atoms with Crippen LogP contribution in [0.3, 0.4) is 0 Å². The van der Waals surface area contributed by atoms with Crippen LogP contribution < -0.4 is 5.32 Å². The first-order valence-electron chi connectivity index (χ1n) is 9.39. The number of hydrogen-bond donors (Lipinski definition) is 1. The average Bonchev–Trinajstić information content (AvgIpc) is 2.72. The number of halogens is 2. The van der Waals surface area contributed by atoms with E-state index in [0.717, 1.165) is 29.7 Å². The van der Waals surface area contributed by atoms with Gasteiger partial charge in [0.1, 0.15) is 0 Å². The summed E-state index contributed by atoms with van der Waals surface area (Å²) in [5.41, 5.74) is 3.95. The molecule has 3 aromatic rings. The molecule has 3 nitrogen and oxygen atoms in total. The zero-order chi connectivity index (χ0) is 19.9. The number of amides is 1. The van der Waals surface area contributed by atoms with Crippen LogP contribution in [0, 0.1) is 0 Å². The topological polar surface area (TPSA) is 32.3 Å². The molecule has 0 spiro atoms. The molecule has 0 aliphatic carbocycles. The second kappa shape index (κ2) is 11.0. The summed E-state index contributed by atoms with van der Waals surface area (Å²) < 4.78 is 0. The van der Waals surface area contributed by atoms with Gasteiger partial charge >= 0.3 is 0 Å². The Morgan fingerprint density at radius 2 is 1.48 bits per heavy atom. The maximum absolute atomic E-state index is 12.8. The molecule has 0 radical (unpaired) electrons. The smallest absolute Gasteiger partial charge is 0.251 e. The average molecular weight is 429 g/mol. The molecule has 0 bridgehead atoms. The molecular formula is C24H26Cl2N2O. The summed E-state index contributed by atoms with van der Waals surface area (Å²) >= 11 is 6.02. The van der Waals surface area contributed by atoms with Crippen molar-refractivity contribution in [3.05, 3.63) is 95.0 Å². The lowest BCUT2D eigenvalue weighted by molar-refractivity contribution is 0.0932. The fraction of sp³-hybridized carbons (Fsp3) is 0.208. The molecule has 29 heavy (non-hydrogen) atoms. The fourth-order valence-corrected chi connectivity index (χ4v) is 3.22. The second-order valence-electron chi connectivity index (χ2n) is 7.11. The van der Waals surface area contributed by atoms with E-state index in [9.17, 15) is 4.79 Å². The summed E-state index contributed by atoms with van der Waals surface area (Å²) in [4.78, 5) is 15.0. The van der Waals surface area contributed by atoms with Gasteiger partial charge < -0.3 is 10.2 Å². The molecule has 0 aliphatic heterocycles. The van der Waals surface area contributed by atoms with Crippen molar-refractivity contribution in [1.82, 2.24) is 10.2 Å². The first-order valence-corrected chi connectivity index (χ1v) is 9.77. The van der Waals surface area contributed by atoms with Crippen LogP contribution in [0.2, 0.25) is 5.02 Å². The van der Waals surface area contributed by atoms with E-state index in [1.54, 1.807) is 0 Å². The van der Waals surface area contributed by atoms with Crippen LogP contribution >= 0.6 is 24.0 Å². The van der Waals surface area contributed by atoms with E-state index in [0.29, 0.717) is 10.6 Å². The maximum atomic E-state index is 12.8. The largest absolute Gasteiger partial charge is 0.345 e. The van der Waals surface area contributed by atoms with Crippen molar-refractivity contribution in [2.24, 2.45) is 0 Å². The van der Waals surface area contributed by atoms with Crippen LogP contribution in [0.15, 0.2) is 78.9 Å². The first-order chi connectivity index (χ1) is 13.5. The van der Waals surface area contributed by atoms with E-state index >= 15 is 0 Å². The summed E-state index contributed by atoms with van der Waals surface area (Å²) in [7, 11) is 4.06. The molecule has 5 heteroatoms. The van der Waals surface area contributed by atoms with Crippen molar-refractivity contribution < 1.29 is 4.79 Å². The zero-order valence-electron chi connectivity index (χ0n) is 16.6. The predicted molar refractivity (Wildman–Crippen MR) is 124 cm³/mol. The minimum atomic E-state index is -0.0710. The minimum Gasteiger partial charge on any atom is -0.345 e. The third-order valence-corrected chi connectivity index (χ3v) is 4.95. The zero-order valence-corrected chi connectivity index (χ0v) is 18.2. The monoisotopic (exact) mass is 428 g/mol. The van der Waals surface area contributed by atoms with Gasteiger partial charge in [-0.2, -0.15) is 0 Å². The van der Waals surface area contributed by atoms with Crippen LogP contribution in [0.25, 0.3) is 11.1 Å². The first kappa shape index (κ1) is 23.0. The van der Waals surface area contributed by atoms with Crippen molar-refractivity contribution in [1.29, 1.82) is 0 Å². The lowest BCUT2D eigenvalue weighted by Gasteiger charge is -2.21. The molecular weight excluding hydrogens is 403 g/mol. The highest BCUT2D eigenvalue weighted by Crippen LogP contribution is 2.22. The Kier molecular flexibility index (Phi) is 8.71. The molecule has 3 rings (SSSR count). The lowest BCUT2D eigenvalue weighted by atomic mass is 10.0. The number of rotatable bonds is 7. The molecule has 3 aromatic carbocycles. The third-order valence-electron chi connectivity index (χ3n) is 4.70. The molecule has 0 aliphatic rings. The summed E-state index contributed by atoms with van der Waals surface area (Å²) in [6.07, 6.45) is 0.822. The molecule has 0 heterocycles. The quantitative estimate of drug-likeness (QED) is 0.511. The van der Waals surface area contributed by atoms with Gasteiger partial charge in [-0.1, -0.05) is 66.2 Å². The summed E-state index contributed by atoms with van der Waals surface area (Å²) in [5, 5.41) is 3.87. The standard InChI is InChI=1S/C24H25ClN2O.ClH/c1-27(2)17-16-23(20-12-14-22(25)15-13-20)26-24(28)21-10-8-19(9-11-21)18-6-4-3-5-7-18;/h3-15,23H,16-17H2,1-2H3,(H,26,28);1H/t23-;/m0./s1. The van der Waals surface area contributed by atoms with Gasteiger partial charge in [-0.15, -0.1) is 12.4 Å². The number of nitrogens with zero attached hydrogens (tertiary/aromatic N) is 1. The molecule has 0 saturated carbocycles. The van der Waals surface area contributed by atoms with Crippen molar-refractivity contribution in [2.45, 2.75) is 12.5 Å². The summed E-state index contributed by atoms with van der Waals surface area (Å²) in [6, 6.07) is 25.5. The number of carbonyl (C=O) groups excluding carboxylic acids is 1. The van der Waals surface area contributed by atoms with Crippen molar-refractivity contribution in [3.63, 3.8) is 0 Å². The normalized spacial score (nSPS) is 11.6. The van der Waals surface area contributed by atoms with E-state index in [-0.39, 0.29) is 24.4 Å². The van der Waals surface area contributed by atoms with Crippen LogP contribution in [0.4, 0.5) is 0 Å². The summed E-state index contributed by atoms with van der Waals surface area (Å²) in [6.45, 7) is 0.876. The number of carbonyl (C=O) groups is 1. The van der Waals surface area contributed by atoms with E-state index < -0.39 is 0 Å². The molecule has 1 amide bonds. The fourth-order valence-electron chi connectivity index (χ4n) is 3.09. The molecule has 0 saturated heterocycles. The van der Waals surface area contributed by atoms with Crippen LogP contribution in [0.1, 0.15) is 28.4 Å². The van der Waals surface area contributed by atoms with Gasteiger partial charge in [0, 0.05) is 10.6 Å². The molecule has 0 aromatic heterocycles. The summed E-state index contributed by atoms with van der Waals surface area (Å²) in [5.74, 6) is -0.0710. The van der Waals surface area contributed by atoms with Crippen LogP contribution in [-0.2, 0) is 0 Å². The van der Waals surface area contributed by atoms with Crippen LogP contribution in [-0.4, -0.2) is 31.4 Å². The Labute approximate surface area is 184 Å². The van der Waals surface area contributed by atoms with E-state index in [2.05, 4.69) is 22.3 Å².